The van der Waals surface area contributed by atoms with Crippen molar-refractivity contribution in [3.63, 3.8) is 0 Å². The highest BCUT2D eigenvalue weighted by atomic mass is 19.4. The Morgan fingerprint density at radius 3 is 2.18 bits per heavy atom. The number of alkyl halides is 3. The Balaban J connectivity index is 1.73. The molecule has 1 atom stereocenters. The van der Waals surface area contributed by atoms with E-state index in [-0.39, 0.29) is 5.56 Å². The highest BCUT2D eigenvalue weighted by molar-refractivity contribution is 5.87. The lowest BCUT2D eigenvalue weighted by Crippen LogP contribution is -2.10. The normalized spacial score (nSPS) is 12.4. The molecule has 1 N–H and O–H groups in total. The molecule has 0 bridgehead atoms. The average molecular weight is 466 g/mol. The number of aromatic carboxylic acids is 1. The fraction of sp³-hybridized carbons (Fsp3) is 0.148. The van der Waals surface area contributed by atoms with E-state index in [1.807, 2.05) is 37.3 Å². The molecule has 4 nitrogen and oxygen atoms in total. The van der Waals surface area contributed by atoms with Crippen molar-refractivity contribution in [2.45, 2.75) is 25.6 Å². The van der Waals surface area contributed by atoms with E-state index in [1.54, 1.807) is 18.2 Å². The van der Waals surface area contributed by atoms with E-state index in [9.17, 15) is 18.0 Å². The van der Waals surface area contributed by atoms with Gasteiger partial charge in [-0.3, -0.25) is 0 Å². The summed E-state index contributed by atoms with van der Waals surface area (Å²) in [7, 11) is 0. The van der Waals surface area contributed by atoms with Crippen molar-refractivity contribution in [2.24, 2.45) is 0 Å². The summed E-state index contributed by atoms with van der Waals surface area (Å²) in [5.74, 6) is 0.519. The minimum absolute atomic E-state index is 0.144. The number of ether oxygens (including phenoxy) is 1. The van der Waals surface area contributed by atoms with E-state index < -0.39 is 23.8 Å². The van der Waals surface area contributed by atoms with Gasteiger partial charge >= 0.3 is 12.1 Å². The molecule has 174 valence electrons. The lowest BCUT2D eigenvalue weighted by molar-refractivity contribution is -0.137. The van der Waals surface area contributed by atoms with Crippen molar-refractivity contribution in [1.82, 2.24) is 0 Å². The average Bonchev–Trinajstić information content (AvgIpc) is 3.27. The van der Waals surface area contributed by atoms with E-state index in [0.717, 1.165) is 23.3 Å². The summed E-state index contributed by atoms with van der Waals surface area (Å²) >= 11 is 0. The van der Waals surface area contributed by atoms with Gasteiger partial charge in [-0.15, -0.1) is 0 Å². The van der Waals surface area contributed by atoms with Gasteiger partial charge in [-0.25, -0.2) is 4.79 Å². The van der Waals surface area contributed by atoms with Gasteiger partial charge in [0.05, 0.1) is 11.1 Å². The van der Waals surface area contributed by atoms with E-state index in [2.05, 4.69) is 0 Å². The number of hydrogen-bond donors (Lipinski definition) is 1. The molecule has 1 unspecified atom stereocenters. The first-order valence-corrected chi connectivity index (χ1v) is 10.6. The molecule has 0 radical (unpaired) electrons. The zero-order valence-electron chi connectivity index (χ0n) is 18.2. The molecule has 0 aliphatic heterocycles. The predicted molar refractivity (Wildman–Crippen MR) is 121 cm³/mol. The van der Waals surface area contributed by atoms with Crippen LogP contribution in [0.15, 0.2) is 89.3 Å². The summed E-state index contributed by atoms with van der Waals surface area (Å²) in [6.07, 6.45) is -4.44. The van der Waals surface area contributed by atoms with Crippen LogP contribution < -0.4 is 4.74 Å². The Hall–Kier alpha value is -4.00. The maximum absolute atomic E-state index is 12.9. The van der Waals surface area contributed by atoms with Crippen molar-refractivity contribution in [3.05, 3.63) is 113 Å². The zero-order valence-corrected chi connectivity index (χ0v) is 18.2. The van der Waals surface area contributed by atoms with Crippen LogP contribution in [0.3, 0.4) is 0 Å². The minimum atomic E-state index is -4.41. The number of hydrogen-bond acceptors (Lipinski definition) is 3. The van der Waals surface area contributed by atoms with E-state index in [1.165, 1.54) is 24.3 Å². The van der Waals surface area contributed by atoms with Crippen LogP contribution in [0.1, 0.15) is 45.8 Å². The van der Waals surface area contributed by atoms with Crippen LogP contribution in [0.5, 0.6) is 5.75 Å². The van der Waals surface area contributed by atoms with Gasteiger partial charge in [0.2, 0.25) is 0 Å². The summed E-state index contributed by atoms with van der Waals surface area (Å²) < 4.78 is 51.1. The van der Waals surface area contributed by atoms with Gasteiger partial charge in [0.25, 0.3) is 0 Å². The Kier molecular flexibility index (Phi) is 6.45. The second kappa shape index (κ2) is 9.47. The third-order valence-corrected chi connectivity index (χ3v) is 5.40. The molecule has 3 aromatic carbocycles. The largest absolute Gasteiger partial charge is 0.481 e. The van der Waals surface area contributed by atoms with Gasteiger partial charge in [0.15, 0.2) is 6.10 Å². The molecule has 1 aromatic heterocycles. The molecular weight excluding hydrogens is 445 g/mol. The van der Waals surface area contributed by atoms with Gasteiger partial charge in [-0.05, 0) is 48.0 Å². The van der Waals surface area contributed by atoms with Crippen molar-refractivity contribution >= 4 is 5.97 Å². The standard InChI is InChI=1S/C27H21F3O4/c1-2-23-22(16-24(34-23)17-8-12-20(13-9-17)27(28,29)30)25(18-6-4-3-5-7-18)33-21-14-10-19(11-15-21)26(31)32/h3-16,25H,2H2,1H3,(H,31,32). The molecule has 0 fully saturated rings. The van der Waals surface area contributed by atoms with E-state index in [0.29, 0.717) is 29.3 Å². The maximum Gasteiger partial charge on any atom is 0.416 e. The summed E-state index contributed by atoms with van der Waals surface area (Å²) in [5, 5.41) is 9.14. The van der Waals surface area contributed by atoms with Gasteiger partial charge in [-0.2, -0.15) is 13.2 Å². The summed E-state index contributed by atoms with van der Waals surface area (Å²) in [6.45, 7) is 1.92. The smallest absolute Gasteiger partial charge is 0.416 e. The fourth-order valence-corrected chi connectivity index (χ4v) is 3.66. The van der Waals surface area contributed by atoms with Crippen molar-refractivity contribution in [1.29, 1.82) is 0 Å². The Morgan fingerprint density at radius 1 is 0.971 bits per heavy atom. The molecule has 1 heterocycles. The molecule has 0 spiro atoms. The lowest BCUT2D eigenvalue weighted by Gasteiger charge is -2.20. The first-order chi connectivity index (χ1) is 16.3. The zero-order chi connectivity index (χ0) is 24.3. The lowest BCUT2D eigenvalue weighted by atomic mass is 9.99. The summed E-state index contributed by atoms with van der Waals surface area (Å²) in [4.78, 5) is 11.2. The van der Waals surface area contributed by atoms with Crippen LogP contribution in [0.25, 0.3) is 11.3 Å². The minimum Gasteiger partial charge on any atom is -0.481 e. The Bertz CT molecular complexity index is 1260. The molecule has 0 saturated carbocycles. The number of furan rings is 1. The quantitative estimate of drug-likeness (QED) is 0.308. The van der Waals surface area contributed by atoms with Crippen molar-refractivity contribution in [2.75, 3.05) is 0 Å². The SMILES string of the molecule is CCc1oc(-c2ccc(C(F)(F)F)cc2)cc1C(Oc1ccc(C(=O)O)cc1)c1ccccc1. The Morgan fingerprint density at radius 2 is 1.62 bits per heavy atom. The number of benzene rings is 3. The van der Waals surface area contributed by atoms with E-state index in [4.69, 9.17) is 14.3 Å². The summed E-state index contributed by atoms with van der Waals surface area (Å²) in [5.41, 5.74) is 1.52. The van der Waals surface area contributed by atoms with Crippen LogP contribution in [0.4, 0.5) is 13.2 Å². The monoisotopic (exact) mass is 466 g/mol. The summed E-state index contributed by atoms with van der Waals surface area (Å²) in [6, 6.07) is 22.1. The van der Waals surface area contributed by atoms with Crippen molar-refractivity contribution < 1.29 is 32.2 Å². The predicted octanol–water partition coefficient (Wildman–Crippen LogP) is 7.39. The molecule has 7 heteroatoms. The molecule has 0 aliphatic rings. The van der Waals surface area contributed by atoms with Crippen LogP contribution in [0, 0.1) is 0 Å². The van der Waals surface area contributed by atoms with Gasteiger partial charge in [0, 0.05) is 17.5 Å². The number of carboxylic acid groups (broad SMARTS) is 1. The maximum atomic E-state index is 12.9. The number of rotatable bonds is 7. The van der Waals surface area contributed by atoms with Crippen LogP contribution in [-0.2, 0) is 12.6 Å². The highest BCUT2D eigenvalue weighted by Gasteiger charge is 2.30. The van der Waals surface area contributed by atoms with Crippen molar-refractivity contribution in [3.8, 4) is 17.1 Å². The number of carboxylic acids is 1. The second-order valence-electron chi connectivity index (χ2n) is 7.66. The first-order valence-electron chi connectivity index (χ1n) is 10.6. The third-order valence-electron chi connectivity index (χ3n) is 5.40. The second-order valence-corrected chi connectivity index (χ2v) is 7.66. The van der Waals surface area contributed by atoms with Crippen LogP contribution in [0.2, 0.25) is 0 Å². The number of halogens is 3. The molecule has 0 aliphatic carbocycles. The van der Waals surface area contributed by atoms with Crippen LogP contribution >= 0.6 is 0 Å². The van der Waals surface area contributed by atoms with Crippen LogP contribution in [-0.4, -0.2) is 11.1 Å². The van der Waals surface area contributed by atoms with Gasteiger partial charge < -0.3 is 14.3 Å². The van der Waals surface area contributed by atoms with Gasteiger partial charge in [0.1, 0.15) is 17.3 Å². The highest BCUT2D eigenvalue weighted by Crippen LogP contribution is 2.37. The van der Waals surface area contributed by atoms with E-state index >= 15 is 0 Å². The molecular formula is C27H21F3O4. The Labute approximate surface area is 194 Å². The topological polar surface area (TPSA) is 59.7 Å². The molecule has 0 amide bonds. The molecule has 0 saturated heterocycles. The first kappa shape index (κ1) is 23.2. The molecule has 4 rings (SSSR count). The number of carbonyl (C=O) groups is 1. The molecule has 34 heavy (non-hydrogen) atoms. The molecule has 4 aromatic rings. The third kappa shape index (κ3) is 4.98. The fourth-order valence-electron chi connectivity index (χ4n) is 3.66. The van der Waals surface area contributed by atoms with Gasteiger partial charge in [-0.1, -0.05) is 49.4 Å². The number of aryl methyl sites for hydroxylation is 1.